The van der Waals surface area contributed by atoms with Gasteiger partial charge in [-0.05, 0) is 25.5 Å². The second kappa shape index (κ2) is 5.89. The summed E-state index contributed by atoms with van der Waals surface area (Å²) in [5.41, 5.74) is 1.12. The molecule has 1 atom stereocenters. The molecule has 0 aromatic heterocycles. The molecule has 0 radical (unpaired) electrons. The van der Waals surface area contributed by atoms with Crippen LogP contribution in [0.4, 0.5) is 0 Å². The van der Waals surface area contributed by atoms with E-state index in [9.17, 15) is 0 Å². The van der Waals surface area contributed by atoms with Crippen LogP contribution in [-0.2, 0) is 0 Å². The molecule has 0 spiro atoms. The van der Waals surface area contributed by atoms with Crippen molar-refractivity contribution in [1.29, 1.82) is 0 Å². The van der Waals surface area contributed by atoms with E-state index in [1.807, 2.05) is 25.1 Å². The summed E-state index contributed by atoms with van der Waals surface area (Å²) < 4.78 is 0. The first-order valence-electron chi connectivity index (χ1n) is 4.72. The zero-order chi connectivity index (χ0) is 10.4. The molecule has 1 aromatic rings. The van der Waals surface area contributed by atoms with Crippen LogP contribution >= 0.6 is 11.8 Å². The first-order valence-corrected chi connectivity index (χ1v) is 5.60. The summed E-state index contributed by atoms with van der Waals surface area (Å²) in [4.78, 5) is 1.23. The molecule has 1 aromatic carbocycles. The number of aliphatic hydroxyl groups is 1. The van der Waals surface area contributed by atoms with Crippen molar-refractivity contribution in [2.75, 3.05) is 6.61 Å². The van der Waals surface area contributed by atoms with Gasteiger partial charge in [0.2, 0.25) is 0 Å². The van der Waals surface area contributed by atoms with Crippen molar-refractivity contribution in [1.82, 2.24) is 0 Å². The van der Waals surface area contributed by atoms with E-state index in [1.165, 1.54) is 4.90 Å². The highest BCUT2D eigenvalue weighted by atomic mass is 32.2. The molecule has 1 nitrogen and oxygen atoms in total. The second-order valence-corrected chi connectivity index (χ2v) is 4.55. The van der Waals surface area contributed by atoms with Gasteiger partial charge in [0.25, 0.3) is 0 Å². The predicted octanol–water partition coefficient (Wildman–Crippen LogP) is 3.11. The number of rotatable bonds is 5. The van der Waals surface area contributed by atoms with Gasteiger partial charge in [-0.2, -0.15) is 0 Å². The number of hydrogen-bond acceptors (Lipinski definition) is 2. The highest BCUT2D eigenvalue weighted by Crippen LogP contribution is 2.28. The summed E-state index contributed by atoms with van der Waals surface area (Å²) in [5.74, 6) is 0. The van der Waals surface area contributed by atoms with Crippen LogP contribution in [-0.4, -0.2) is 17.0 Å². The van der Waals surface area contributed by atoms with Crippen LogP contribution in [0.25, 0.3) is 0 Å². The van der Waals surface area contributed by atoms with E-state index in [0.717, 1.165) is 12.0 Å². The van der Waals surface area contributed by atoms with E-state index in [-0.39, 0.29) is 6.61 Å². The molecule has 1 unspecified atom stereocenters. The molecule has 0 aliphatic carbocycles. The van der Waals surface area contributed by atoms with Crippen molar-refractivity contribution >= 4 is 11.8 Å². The third-order valence-electron chi connectivity index (χ3n) is 1.96. The van der Waals surface area contributed by atoms with Crippen molar-refractivity contribution < 1.29 is 5.11 Å². The molecule has 0 saturated heterocycles. The van der Waals surface area contributed by atoms with Crippen molar-refractivity contribution in [2.45, 2.75) is 23.5 Å². The molecule has 0 fully saturated rings. The summed E-state index contributed by atoms with van der Waals surface area (Å²) >= 11 is 1.76. The standard InChI is InChI=1S/C12H16OS/c1-10(2)12(8-9-13)14-11-6-4-3-5-7-11/h3-7,12-13H,1,8-9H2,2H3. The molecule has 14 heavy (non-hydrogen) atoms. The summed E-state index contributed by atoms with van der Waals surface area (Å²) in [6.07, 6.45) is 0.773. The lowest BCUT2D eigenvalue weighted by Crippen LogP contribution is -2.05. The average molecular weight is 208 g/mol. The van der Waals surface area contributed by atoms with Crippen molar-refractivity contribution in [3.63, 3.8) is 0 Å². The minimum Gasteiger partial charge on any atom is -0.396 e. The highest BCUT2D eigenvalue weighted by Gasteiger charge is 2.09. The number of thioether (sulfide) groups is 1. The van der Waals surface area contributed by atoms with Crippen LogP contribution in [0.2, 0.25) is 0 Å². The summed E-state index contributed by atoms with van der Waals surface area (Å²) in [5, 5.41) is 9.23. The van der Waals surface area contributed by atoms with Crippen LogP contribution in [0.3, 0.4) is 0 Å². The van der Waals surface area contributed by atoms with Gasteiger partial charge in [0, 0.05) is 16.8 Å². The Balaban J connectivity index is 2.60. The van der Waals surface area contributed by atoms with Crippen molar-refractivity contribution in [3.8, 4) is 0 Å². The Morgan fingerprint density at radius 2 is 2.07 bits per heavy atom. The highest BCUT2D eigenvalue weighted by molar-refractivity contribution is 8.00. The minimum atomic E-state index is 0.220. The predicted molar refractivity (Wildman–Crippen MR) is 62.6 cm³/mol. The molecule has 0 aliphatic heterocycles. The van der Waals surface area contributed by atoms with Crippen LogP contribution in [0.5, 0.6) is 0 Å². The van der Waals surface area contributed by atoms with E-state index in [1.54, 1.807) is 11.8 Å². The van der Waals surface area contributed by atoms with Gasteiger partial charge >= 0.3 is 0 Å². The van der Waals surface area contributed by atoms with Gasteiger partial charge in [0.1, 0.15) is 0 Å². The lowest BCUT2D eigenvalue weighted by atomic mass is 10.2. The third-order valence-corrected chi connectivity index (χ3v) is 3.43. The van der Waals surface area contributed by atoms with Gasteiger partial charge in [0.05, 0.1) is 0 Å². The quantitative estimate of drug-likeness (QED) is 0.592. The fourth-order valence-electron chi connectivity index (χ4n) is 1.19. The van der Waals surface area contributed by atoms with Crippen LogP contribution < -0.4 is 0 Å². The van der Waals surface area contributed by atoms with E-state index < -0.39 is 0 Å². The van der Waals surface area contributed by atoms with Crippen molar-refractivity contribution in [3.05, 3.63) is 42.5 Å². The average Bonchev–Trinajstić information content (AvgIpc) is 2.18. The SMILES string of the molecule is C=C(C)C(CCO)Sc1ccccc1. The number of hydrogen-bond donors (Lipinski definition) is 1. The smallest absolute Gasteiger partial charge is 0.0444 e. The van der Waals surface area contributed by atoms with E-state index in [0.29, 0.717) is 5.25 Å². The molecule has 76 valence electrons. The Bertz CT molecular complexity index is 282. The zero-order valence-electron chi connectivity index (χ0n) is 8.44. The van der Waals surface area contributed by atoms with Gasteiger partial charge in [-0.25, -0.2) is 0 Å². The molecule has 0 amide bonds. The summed E-state index contributed by atoms with van der Waals surface area (Å²) in [6, 6.07) is 10.2. The monoisotopic (exact) mass is 208 g/mol. The maximum atomic E-state index is 8.91. The first kappa shape index (κ1) is 11.3. The van der Waals surface area contributed by atoms with Gasteiger partial charge in [0.15, 0.2) is 0 Å². The third kappa shape index (κ3) is 3.56. The Kier molecular flexibility index (Phi) is 4.77. The Morgan fingerprint density at radius 3 is 2.57 bits per heavy atom. The maximum absolute atomic E-state index is 8.91. The van der Waals surface area contributed by atoms with Crippen molar-refractivity contribution in [2.24, 2.45) is 0 Å². The molecule has 1 rings (SSSR count). The molecule has 0 saturated carbocycles. The van der Waals surface area contributed by atoms with E-state index in [2.05, 4.69) is 18.7 Å². The Morgan fingerprint density at radius 1 is 1.43 bits per heavy atom. The maximum Gasteiger partial charge on any atom is 0.0444 e. The van der Waals surface area contributed by atoms with Crippen LogP contribution in [0.15, 0.2) is 47.4 Å². The van der Waals surface area contributed by atoms with Crippen LogP contribution in [0.1, 0.15) is 13.3 Å². The minimum absolute atomic E-state index is 0.220. The summed E-state index contributed by atoms with van der Waals surface area (Å²) in [7, 11) is 0. The molecule has 1 N–H and O–H groups in total. The molecular weight excluding hydrogens is 192 g/mol. The lowest BCUT2D eigenvalue weighted by Gasteiger charge is -2.14. The van der Waals surface area contributed by atoms with Gasteiger partial charge < -0.3 is 5.11 Å². The molecule has 2 heteroatoms. The molecule has 0 aliphatic rings. The molecule has 0 heterocycles. The fraction of sp³-hybridized carbons (Fsp3) is 0.333. The topological polar surface area (TPSA) is 20.2 Å². The van der Waals surface area contributed by atoms with E-state index >= 15 is 0 Å². The van der Waals surface area contributed by atoms with Gasteiger partial charge in [-0.3, -0.25) is 0 Å². The Labute approximate surface area is 89.8 Å². The van der Waals surface area contributed by atoms with Gasteiger partial charge in [-0.15, -0.1) is 11.8 Å². The second-order valence-electron chi connectivity index (χ2n) is 3.28. The largest absolute Gasteiger partial charge is 0.396 e. The number of benzene rings is 1. The zero-order valence-corrected chi connectivity index (χ0v) is 9.26. The van der Waals surface area contributed by atoms with Gasteiger partial charge in [-0.1, -0.05) is 30.4 Å². The summed E-state index contributed by atoms with van der Waals surface area (Å²) in [6.45, 7) is 6.17. The van der Waals surface area contributed by atoms with E-state index in [4.69, 9.17) is 5.11 Å². The normalized spacial score (nSPS) is 12.4. The first-order chi connectivity index (χ1) is 6.74. The number of aliphatic hydroxyl groups excluding tert-OH is 1. The fourth-order valence-corrected chi connectivity index (χ4v) is 2.25. The lowest BCUT2D eigenvalue weighted by molar-refractivity contribution is 0.290. The Hall–Kier alpha value is -0.730. The van der Waals surface area contributed by atoms with Crippen LogP contribution in [0, 0.1) is 0 Å². The molecular formula is C12H16OS. The molecule has 0 bridgehead atoms.